The minimum Gasteiger partial charge on any atom is -0.497 e. The van der Waals surface area contributed by atoms with E-state index >= 15 is 0 Å². The molecular weight excluding hydrogens is 434 g/mol. The topological polar surface area (TPSA) is 131 Å². The minimum absolute atomic E-state index is 0.00782. The molecule has 9 nitrogen and oxygen atoms in total. The number of anilines is 1. The molecular formula is C22H19N3O6S. The lowest BCUT2D eigenvalue weighted by atomic mass is 10.1. The third-order valence-corrected chi connectivity index (χ3v) is 5.99. The normalized spacial score (nSPS) is 11.3. The van der Waals surface area contributed by atoms with E-state index in [9.17, 15) is 13.2 Å². The van der Waals surface area contributed by atoms with Gasteiger partial charge in [0.05, 0.1) is 28.7 Å². The van der Waals surface area contributed by atoms with Crippen LogP contribution < -0.4 is 14.2 Å². The number of rotatable bonds is 8. The lowest BCUT2D eigenvalue weighted by Gasteiger charge is -2.13. The molecule has 0 saturated carbocycles. The van der Waals surface area contributed by atoms with Crippen LogP contribution in [0.3, 0.4) is 0 Å². The molecule has 3 N–H and O–H groups in total. The number of H-pyrrole nitrogens is 1. The zero-order chi connectivity index (χ0) is 22.7. The molecule has 0 radical (unpaired) electrons. The van der Waals surface area contributed by atoms with Gasteiger partial charge in [0.1, 0.15) is 17.3 Å². The quantitative estimate of drug-likeness (QED) is 0.372. The molecule has 0 amide bonds. The first-order valence-electron chi connectivity index (χ1n) is 9.46. The third-order valence-electron chi connectivity index (χ3n) is 4.61. The summed E-state index contributed by atoms with van der Waals surface area (Å²) in [6.07, 6.45) is 0. The molecule has 3 aromatic carbocycles. The predicted octanol–water partition coefficient (Wildman–Crippen LogP) is 3.50. The van der Waals surface area contributed by atoms with Gasteiger partial charge in [0.15, 0.2) is 6.61 Å². The van der Waals surface area contributed by atoms with E-state index in [4.69, 9.17) is 14.6 Å². The van der Waals surface area contributed by atoms with Crippen molar-refractivity contribution in [2.45, 2.75) is 4.90 Å². The third kappa shape index (κ3) is 4.49. The molecule has 164 valence electrons. The van der Waals surface area contributed by atoms with Crippen LogP contribution in [0.4, 0.5) is 5.69 Å². The molecule has 4 rings (SSSR count). The number of methoxy groups -OCH3 is 1. The molecule has 0 aliphatic heterocycles. The van der Waals surface area contributed by atoms with Crippen molar-refractivity contribution in [3.05, 3.63) is 66.7 Å². The highest BCUT2D eigenvalue weighted by atomic mass is 32.2. The van der Waals surface area contributed by atoms with E-state index in [0.717, 1.165) is 11.0 Å². The molecule has 0 atom stereocenters. The van der Waals surface area contributed by atoms with Crippen molar-refractivity contribution in [1.82, 2.24) is 9.97 Å². The fraction of sp³-hybridized carbons (Fsp3) is 0.0909. The van der Waals surface area contributed by atoms with Crippen LogP contribution in [0.15, 0.2) is 71.6 Å². The van der Waals surface area contributed by atoms with E-state index < -0.39 is 22.6 Å². The number of aromatic amines is 1. The summed E-state index contributed by atoms with van der Waals surface area (Å²) in [5, 5.41) is 8.68. The molecule has 0 spiro atoms. The summed E-state index contributed by atoms with van der Waals surface area (Å²) < 4.78 is 38.9. The Balaban J connectivity index is 1.67. The van der Waals surface area contributed by atoms with Crippen LogP contribution in [0.25, 0.3) is 22.4 Å². The van der Waals surface area contributed by atoms with E-state index in [1.54, 1.807) is 18.2 Å². The Morgan fingerprint density at radius 1 is 1.06 bits per heavy atom. The Morgan fingerprint density at radius 3 is 2.47 bits per heavy atom. The Morgan fingerprint density at radius 2 is 1.78 bits per heavy atom. The maximum atomic E-state index is 13.0. The van der Waals surface area contributed by atoms with Crippen molar-refractivity contribution >= 4 is 32.7 Å². The van der Waals surface area contributed by atoms with Crippen molar-refractivity contribution in [3.8, 4) is 22.9 Å². The highest BCUT2D eigenvalue weighted by Gasteiger charge is 2.19. The highest BCUT2D eigenvalue weighted by Crippen LogP contribution is 2.33. The van der Waals surface area contributed by atoms with Gasteiger partial charge in [-0.3, -0.25) is 4.72 Å². The van der Waals surface area contributed by atoms with Gasteiger partial charge in [-0.05, 0) is 54.6 Å². The van der Waals surface area contributed by atoms with E-state index in [2.05, 4.69) is 14.7 Å². The number of nitrogens with one attached hydrogen (secondary N) is 2. The lowest BCUT2D eigenvalue weighted by molar-refractivity contribution is -0.139. The minimum atomic E-state index is -3.95. The maximum absolute atomic E-state index is 13.0. The number of carboxylic acid groups (broad SMARTS) is 1. The molecule has 0 fully saturated rings. The summed E-state index contributed by atoms with van der Waals surface area (Å²) in [6, 6.07) is 17.9. The number of sulfonamides is 1. The van der Waals surface area contributed by atoms with Crippen LogP contribution in [-0.4, -0.2) is 43.2 Å². The first kappa shape index (κ1) is 21.2. The van der Waals surface area contributed by atoms with E-state index in [-0.39, 0.29) is 10.6 Å². The zero-order valence-electron chi connectivity index (χ0n) is 16.9. The zero-order valence-corrected chi connectivity index (χ0v) is 17.7. The Bertz CT molecular complexity index is 1350. The number of fused-ring (bicyclic) bond motifs is 1. The van der Waals surface area contributed by atoms with Crippen LogP contribution in [0.5, 0.6) is 11.5 Å². The molecule has 0 unspecified atom stereocenters. The Kier molecular flexibility index (Phi) is 5.69. The van der Waals surface area contributed by atoms with Crippen LogP contribution in [-0.2, 0) is 14.8 Å². The summed E-state index contributed by atoms with van der Waals surface area (Å²) in [5.74, 6) is 0.156. The van der Waals surface area contributed by atoms with Crippen LogP contribution >= 0.6 is 0 Å². The second-order valence-corrected chi connectivity index (χ2v) is 8.46. The summed E-state index contributed by atoms with van der Waals surface area (Å²) in [4.78, 5) is 18.3. The summed E-state index contributed by atoms with van der Waals surface area (Å²) in [7, 11) is -2.42. The number of nitrogens with zero attached hydrogens (tertiary/aromatic N) is 1. The van der Waals surface area contributed by atoms with Gasteiger partial charge in [0, 0.05) is 5.56 Å². The molecule has 1 aromatic heterocycles. The standard InChI is InChI=1S/C22H19N3O6S/c1-30-15-8-11-18(17(12-15)22-23-19-4-2-3-5-20(19)24-22)25-32(28,29)16-9-6-14(7-10-16)31-13-21(26)27/h2-12,25H,13H2,1H3,(H,23,24)(H,26,27). The first-order valence-corrected chi connectivity index (χ1v) is 10.9. The number of aliphatic carboxylic acids is 1. The molecule has 0 bridgehead atoms. The van der Waals surface area contributed by atoms with E-state index in [1.165, 1.54) is 31.4 Å². The number of carboxylic acids is 1. The van der Waals surface area contributed by atoms with Gasteiger partial charge >= 0.3 is 5.97 Å². The highest BCUT2D eigenvalue weighted by molar-refractivity contribution is 7.92. The second-order valence-electron chi connectivity index (χ2n) is 6.77. The number of benzene rings is 3. The number of hydrogen-bond donors (Lipinski definition) is 3. The smallest absolute Gasteiger partial charge is 0.341 e. The molecule has 0 aliphatic carbocycles. The van der Waals surface area contributed by atoms with Crippen molar-refractivity contribution in [2.75, 3.05) is 18.4 Å². The van der Waals surface area contributed by atoms with Crippen molar-refractivity contribution in [1.29, 1.82) is 0 Å². The number of ether oxygens (including phenoxy) is 2. The average Bonchev–Trinajstić information content (AvgIpc) is 3.22. The lowest BCUT2D eigenvalue weighted by Crippen LogP contribution is -2.14. The number of aromatic nitrogens is 2. The number of carbonyl (C=O) groups is 1. The van der Waals surface area contributed by atoms with Gasteiger partial charge in [-0.2, -0.15) is 0 Å². The number of para-hydroxylation sites is 2. The molecule has 1 heterocycles. The second kappa shape index (κ2) is 8.60. The van der Waals surface area contributed by atoms with Gasteiger partial charge in [0.2, 0.25) is 0 Å². The van der Waals surface area contributed by atoms with Gasteiger partial charge in [-0.25, -0.2) is 18.2 Å². The molecule has 0 aliphatic rings. The van der Waals surface area contributed by atoms with Crippen molar-refractivity contribution in [3.63, 3.8) is 0 Å². The molecule has 32 heavy (non-hydrogen) atoms. The van der Waals surface area contributed by atoms with Gasteiger partial charge < -0.3 is 19.6 Å². The first-order chi connectivity index (χ1) is 15.4. The molecule has 10 heteroatoms. The van der Waals surface area contributed by atoms with Crippen molar-refractivity contribution in [2.24, 2.45) is 0 Å². The van der Waals surface area contributed by atoms with Crippen LogP contribution in [0, 0.1) is 0 Å². The van der Waals surface area contributed by atoms with E-state index in [0.29, 0.717) is 22.8 Å². The Labute approximate surface area is 183 Å². The number of imidazole rings is 1. The maximum Gasteiger partial charge on any atom is 0.341 e. The predicted molar refractivity (Wildman–Crippen MR) is 118 cm³/mol. The van der Waals surface area contributed by atoms with Gasteiger partial charge in [-0.15, -0.1) is 0 Å². The largest absolute Gasteiger partial charge is 0.497 e. The monoisotopic (exact) mass is 453 g/mol. The molecule has 0 saturated heterocycles. The number of hydrogen-bond acceptors (Lipinski definition) is 6. The van der Waals surface area contributed by atoms with Crippen LogP contribution in [0.1, 0.15) is 0 Å². The Hall–Kier alpha value is -4.05. The average molecular weight is 453 g/mol. The summed E-state index contributed by atoms with van der Waals surface area (Å²) >= 11 is 0. The van der Waals surface area contributed by atoms with Crippen molar-refractivity contribution < 1.29 is 27.8 Å². The van der Waals surface area contributed by atoms with E-state index in [1.807, 2.05) is 24.3 Å². The fourth-order valence-electron chi connectivity index (χ4n) is 3.08. The fourth-order valence-corrected chi connectivity index (χ4v) is 4.16. The summed E-state index contributed by atoms with van der Waals surface area (Å²) in [5.41, 5.74) is 2.40. The summed E-state index contributed by atoms with van der Waals surface area (Å²) in [6.45, 7) is -0.517. The van der Waals surface area contributed by atoms with Gasteiger partial charge in [-0.1, -0.05) is 12.1 Å². The van der Waals surface area contributed by atoms with Crippen LogP contribution in [0.2, 0.25) is 0 Å². The SMILES string of the molecule is COc1ccc(NS(=O)(=O)c2ccc(OCC(=O)O)cc2)c(-c2nc3ccccc3[nH]2)c1. The van der Waals surface area contributed by atoms with Gasteiger partial charge in [0.25, 0.3) is 10.0 Å². The molecule has 4 aromatic rings.